The molecule has 3 heteroatoms. The minimum Gasteiger partial charge on any atom is -0.376 e. The van der Waals surface area contributed by atoms with Crippen molar-refractivity contribution >= 4 is 11.6 Å². The normalized spacial score (nSPS) is 10.1. The predicted octanol–water partition coefficient (Wildman–Crippen LogP) is 2.77. The first-order valence-corrected chi connectivity index (χ1v) is 6.85. The number of hydrogen-bond donors (Lipinski definition) is 2. The first kappa shape index (κ1) is 14.1. The van der Waals surface area contributed by atoms with Crippen LogP contribution in [0.1, 0.15) is 11.1 Å². The molecule has 0 heterocycles. The Labute approximate surface area is 120 Å². The van der Waals surface area contributed by atoms with E-state index in [0.29, 0.717) is 13.1 Å². The number of benzene rings is 2. The van der Waals surface area contributed by atoms with Crippen LogP contribution in [0.5, 0.6) is 0 Å². The van der Waals surface area contributed by atoms with Gasteiger partial charge < -0.3 is 10.6 Å². The molecule has 0 aliphatic rings. The molecular formula is C17H20N2O. The van der Waals surface area contributed by atoms with Crippen LogP contribution in [0.15, 0.2) is 54.6 Å². The second-order valence-electron chi connectivity index (χ2n) is 4.81. The summed E-state index contributed by atoms with van der Waals surface area (Å²) in [6, 6.07) is 18.1. The highest BCUT2D eigenvalue weighted by Crippen LogP contribution is 2.04. The maximum Gasteiger partial charge on any atom is 0.239 e. The predicted molar refractivity (Wildman–Crippen MR) is 82.8 cm³/mol. The Kier molecular flexibility index (Phi) is 5.18. The lowest BCUT2D eigenvalue weighted by Crippen LogP contribution is -2.31. The number of carbonyl (C=O) groups excluding carboxylic acids is 1. The zero-order chi connectivity index (χ0) is 14.2. The topological polar surface area (TPSA) is 41.1 Å². The summed E-state index contributed by atoms with van der Waals surface area (Å²) in [5, 5.41) is 6.01. The number of amides is 1. The summed E-state index contributed by atoms with van der Waals surface area (Å²) in [6.07, 6.45) is 0.860. The Morgan fingerprint density at radius 1 is 1.05 bits per heavy atom. The minimum atomic E-state index is 0.0153. The van der Waals surface area contributed by atoms with E-state index in [0.717, 1.165) is 12.1 Å². The summed E-state index contributed by atoms with van der Waals surface area (Å²) in [5.41, 5.74) is 3.46. The number of para-hydroxylation sites is 1. The maximum atomic E-state index is 11.7. The largest absolute Gasteiger partial charge is 0.376 e. The molecule has 0 fully saturated rings. The molecule has 0 atom stereocenters. The van der Waals surface area contributed by atoms with Gasteiger partial charge in [-0.05, 0) is 31.0 Å². The molecule has 0 aliphatic carbocycles. The average Bonchev–Trinajstić information content (AvgIpc) is 2.46. The van der Waals surface area contributed by atoms with Gasteiger partial charge in [0, 0.05) is 12.2 Å². The molecule has 2 aromatic carbocycles. The van der Waals surface area contributed by atoms with E-state index in [4.69, 9.17) is 0 Å². The van der Waals surface area contributed by atoms with Gasteiger partial charge in [-0.3, -0.25) is 4.79 Å². The van der Waals surface area contributed by atoms with Crippen LogP contribution in [0.4, 0.5) is 5.69 Å². The SMILES string of the molecule is Cc1cccc(CCNC(=O)CNc2ccccc2)c1. The number of carbonyl (C=O) groups is 1. The molecule has 2 aromatic rings. The fourth-order valence-corrected chi connectivity index (χ4v) is 2.01. The van der Waals surface area contributed by atoms with Gasteiger partial charge in [-0.15, -0.1) is 0 Å². The van der Waals surface area contributed by atoms with Crippen molar-refractivity contribution in [2.75, 3.05) is 18.4 Å². The number of nitrogens with one attached hydrogen (secondary N) is 2. The molecule has 0 aromatic heterocycles. The Morgan fingerprint density at radius 3 is 2.60 bits per heavy atom. The Bertz CT molecular complexity index is 552. The van der Waals surface area contributed by atoms with E-state index in [1.165, 1.54) is 11.1 Å². The molecule has 1 amide bonds. The number of anilines is 1. The first-order chi connectivity index (χ1) is 9.74. The first-order valence-electron chi connectivity index (χ1n) is 6.85. The van der Waals surface area contributed by atoms with Gasteiger partial charge in [0.25, 0.3) is 0 Å². The van der Waals surface area contributed by atoms with E-state index >= 15 is 0 Å². The Hall–Kier alpha value is -2.29. The van der Waals surface area contributed by atoms with Crippen LogP contribution in [0.3, 0.4) is 0 Å². The van der Waals surface area contributed by atoms with E-state index in [1.54, 1.807) is 0 Å². The monoisotopic (exact) mass is 268 g/mol. The molecule has 3 nitrogen and oxygen atoms in total. The lowest BCUT2D eigenvalue weighted by molar-refractivity contribution is -0.119. The number of hydrogen-bond acceptors (Lipinski definition) is 2. The van der Waals surface area contributed by atoms with Gasteiger partial charge in [0.2, 0.25) is 5.91 Å². The third-order valence-electron chi connectivity index (χ3n) is 3.05. The van der Waals surface area contributed by atoms with Crippen molar-refractivity contribution in [2.45, 2.75) is 13.3 Å². The number of rotatable bonds is 6. The molecule has 2 N–H and O–H groups in total. The van der Waals surface area contributed by atoms with Gasteiger partial charge in [0.15, 0.2) is 0 Å². The van der Waals surface area contributed by atoms with Gasteiger partial charge in [0.05, 0.1) is 6.54 Å². The van der Waals surface area contributed by atoms with Crippen LogP contribution >= 0.6 is 0 Å². The van der Waals surface area contributed by atoms with Crippen LogP contribution in [-0.2, 0) is 11.2 Å². The highest BCUT2D eigenvalue weighted by Gasteiger charge is 2.00. The Balaban J connectivity index is 1.68. The minimum absolute atomic E-state index is 0.0153. The molecular weight excluding hydrogens is 248 g/mol. The molecule has 0 spiro atoms. The number of aryl methyl sites for hydroxylation is 1. The van der Waals surface area contributed by atoms with E-state index in [9.17, 15) is 4.79 Å². The highest BCUT2D eigenvalue weighted by molar-refractivity contribution is 5.80. The summed E-state index contributed by atoms with van der Waals surface area (Å²) >= 11 is 0. The molecule has 0 aliphatic heterocycles. The highest BCUT2D eigenvalue weighted by atomic mass is 16.1. The van der Waals surface area contributed by atoms with Crippen LogP contribution in [-0.4, -0.2) is 19.0 Å². The van der Waals surface area contributed by atoms with E-state index in [1.807, 2.05) is 36.4 Å². The standard InChI is InChI=1S/C17H20N2O/c1-14-6-5-7-15(12-14)10-11-18-17(20)13-19-16-8-3-2-4-9-16/h2-9,12,19H,10-11,13H2,1H3,(H,18,20). The second-order valence-corrected chi connectivity index (χ2v) is 4.81. The summed E-state index contributed by atoms with van der Waals surface area (Å²) < 4.78 is 0. The molecule has 20 heavy (non-hydrogen) atoms. The van der Waals surface area contributed by atoms with Crippen LogP contribution in [0, 0.1) is 6.92 Å². The van der Waals surface area contributed by atoms with Crippen molar-refractivity contribution in [1.82, 2.24) is 5.32 Å². The van der Waals surface area contributed by atoms with Crippen molar-refractivity contribution in [3.63, 3.8) is 0 Å². The summed E-state index contributed by atoms with van der Waals surface area (Å²) in [7, 11) is 0. The van der Waals surface area contributed by atoms with Crippen molar-refractivity contribution in [3.8, 4) is 0 Å². The fourth-order valence-electron chi connectivity index (χ4n) is 2.01. The molecule has 0 bridgehead atoms. The maximum absolute atomic E-state index is 11.7. The van der Waals surface area contributed by atoms with Crippen molar-refractivity contribution < 1.29 is 4.79 Å². The molecule has 0 radical (unpaired) electrons. The summed E-state index contributed by atoms with van der Waals surface area (Å²) in [6.45, 7) is 3.04. The third-order valence-corrected chi connectivity index (χ3v) is 3.05. The van der Waals surface area contributed by atoms with Gasteiger partial charge >= 0.3 is 0 Å². The second kappa shape index (κ2) is 7.34. The van der Waals surface area contributed by atoms with E-state index in [-0.39, 0.29) is 5.91 Å². The summed E-state index contributed by atoms with van der Waals surface area (Å²) in [5.74, 6) is 0.0153. The third kappa shape index (κ3) is 4.76. The van der Waals surface area contributed by atoms with Crippen molar-refractivity contribution in [2.24, 2.45) is 0 Å². The zero-order valence-electron chi connectivity index (χ0n) is 11.7. The average molecular weight is 268 g/mol. The van der Waals surface area contributed by atoms with E-state index in [2.05, 4.69) is 35.8 Å². The molecule has 104 valence electrons. The quantitative estimate of drug-likeness (QED) is 0.846. The fraction of sp³-hybridized carbons (Fsp3) is 0.235. The van der Waals surface area contributed by atoms with Crippen LogP contribution in [0.25, 0.3) is 0 Å². The van der Waals surface area contributed by atoms with E-state index < -0.39 is 0 Å². The molecule has 0 unspecified atom stereocenters. The zero-order valence-corrected chi connectivity index (χ0v) is 11.7. The smallest absolute Gasteiger partial charge is 0.239 e. The van der Waals surface area contributed by atoms with Crippen LogP contribution < -0.4 is 10.6 Å². The van der Waals surface area contributed by atoms with Crippen molar-refractivity contribution in [3.05, 3.63) is 65.7 Å². The Morgan fingerprint density at radius 2 is 1.85 bits per heavy atom. The summed E-state index contributed by atoms with van der Waals surface area (Å²) in [4.78, 5) is 11.7. The van der Waals surface area contributed by atoms with Crippen LogP contribution in [0.2, 0.25) is 0 Å². The molecule has 2 rings (SSSR count). The van der Waals surface area contributed by atoms with Gasteiger partial charge in [0.1, 0.15) is 0 Å². The van der Waals surface area contributed by atoms with Crippen molar-refractivity contribution in [1.29, 1.82) is 0 Å². The lowest BCUT2D eigenvalue weighted by Gasteiger charge is -2.08. The van der Waals surface area contributed by atoms with Gasteiger partial charge in [-0.2, -0.15) is 0 Å². The molecule has 0 saturated heterocycles. The molecule has 0 saturated carbocycles. The van der Waals surface area contributed by atoms with Gasteiger partial charge in [-0.25, -0.2) is 0 Å². The lowest BCUT2D eigenvalue weighted by atomic mass is 10.1. The van der Waals surface area contributed by atoms with Gasteiger partial charge in [-0.1, -0.05) is 48.0 Å².